The number of tetrazole rings is 1. The molecule has 7 nitrogen and oxygen atoms in total. The highest BCUT2D eigenvalue weighted by molar-refractivity contribution is 5.91. The molecule has 170 valence electrons. The lowest BCUT2D eigenvalue weighted by atomic mass is 9.92. The van der Waals surface area contributed by atoms with Crippen molar-refractivity contribution in [3.05, 3.63) is 75.2 Å². The summed E-state index contributed by atoms with van der Waals surface area (Å²) in [6.07, 6.45) is -2.56. The van der Waals surface area contributed by atoms with Crippen molar-refractivity contribution in [3.8, 4) is 5.69 Å². The SMILES string of the molecule is CCCC/C(=C(/ON)c1c(C)cccc1-n1nnn(C)c1=O)c1cccc(C(F)(F)F)c1. The van der Waals surface area contributed by atoms with Crippen LogP contribution in [0.1, 0.15) is 48.4 Å². The number of halogens is 3. The number of benzene rings is 2. The Bertz CT molecular complexity index is 1190. The van der Waals surface area contributed by atoms with Crippen LogP contribution in [0, 0.1) is 6.92 Å². The van der Waals surface area contributed by atoms with Crippen LogP contribution in [0.4, 0.5) is 13.2 Å². The molecule has 2 aromatic carbocycles. The van der Waals surface area contributed by atoms with Crippen molar-refractivity contribution in [3.63, 3.8) is 0 Å². The Morgan fingerprint density at radius 2 is 1.88 bits per heavy atom. The Morgan fingerprint density at radius 3 is 2.47 bits per heavy atom. The molecule has 0 aliphatic rings. The number of rotatable bonds is 7. The first-order valence-corrected chi connectivity index (χ1v) is 10.1. The van der Waals surface area contributed by atoms with Crippen molar-refractivity contribution in [2.75, 3.05) is 0 Å². The van der Waals surface area contributed by atoms with E-state index in [-0.39, 0.29) is 5.76 Å². The van der Waals surface area contributed by atoms with Crippen molar-refractivity contribution < 1.29 is 18.0 Å². The lowest BCUT2D eigenvalue weighted by Crippen LogP contribution is -2.23. The molecule has 3 rings (SSSR count). The summed E-state index contributed by atoms with van der Waals surface area (Å²) in [7, 11) is 1.47. The van der Waals surface area contributed by atoms with Gasteiger partial charge in [0.05, 0.1) is 11.3 Å². The van der Waals surface area contributed by atoms with Gasteiger partial charge in [0.1, 0.15) is 0 Å². The topological polar surface area (TPSA) is 88.0 Å². The van der Waals surface area contributed by atoms with Crippen LogP contribution in [0.15, 0.2) is 47.3 Å². The van der Waals surface area contributed by atoms with Gasteiger partial charge in [0.25, 0.3) is 0 Å². The summed E-state index contributed by atoms with van der Waals surface area (Å²) in [5.41, 5.74) is 1.13. The third kappa shape index (κ3) is 4.59. The lowest BCUT2D eigenvalue weighted by Gasteiger charge is -2.19. The second-order valence-corrected chi connectivity index (χ2v) is 7.37. The van der Waals surface area contributed by atoms with Gasteiger partial charge >= 0.3 is 11.9 Å². The molecule has 0 amide bonds. The van der Waals surface area contributed by atoms with Crippen molar-refractivity contribution in [1.82, 2.24) is 19.8 Å². The van der Waals surface area contributed by atoms with Crippen molar-refractivity contribution in [2.45, 2.75) is 39.3 Å². The molecule has 0 saturated heterocycles. The molecular weight excluding hydrogens is 423 g/mol. The van der Waals surface area contributed by atoms with Gasteiger partial charge in [-0.05, 0) is 59.5 Å². The highest BCUT2D eigenvalue weighted by Gasteiger charge is 2.31. The maximum absolute atomic E-state index is 13.4. The minimum absolute atomic E-state index is 0.184. The maximum atomic E-state index is 13.4. The molecule has 0 saturated carbocycles. The molecule has 0 aliphatic heterocycles. The van der Waals surface area contributed by atoms with E-state index < -0.39 is 17.4 Å². The zero-order valence-corrected chi connectivity index (χ0v) is 18.0. The summed E-state index contributed by atoms with van der Waals surface area (Å²) in [5, 5.41) is 7.64. The number of allylic oxidation sites excluding steroid dienone is 1. The number of nitrogens with zero attached hydrogens (tertiary/aromatic N) is 4. The normalized spacial score (nSPS) is 12.6. The van der Waals surface area contributed by atoms with Gasteiger partial charge in [0, 0.05) is 18.2 Å². The van der Waals surface area contributed by atoms with E-state index in [1.165, 1.54) is 13.1 Å². The van der Waals surface area contributed by atoms with E-state index in [0.717, 1.165) is 27.9 Å². The number of aryl methyl sites for hydroxylation is 2. The zero-order chi connectivity index (χ0) is 23.5. The first-order chi connectivity index (χ1) is 15.2. The third-order valence-corrected chi connectivity index (χ3v) is 5.14. The minimum atomic E-state index is -4.49. The predicted molar refractivity (Wildman–Crippen MR) is 114 cm³/mol. The number of alkyl halides is 3. The summed E-state index contributed by atoms with van der Waals surface area (Å²) in [6, 6.07) is 10.2. The van der Waals surface area contributed by atoms with E-state index >= 15 is 0 Å². The molecule has 3 aromatic rings. The number of nitrogens with two attached hydrogens (primary N) is 1. The van der Waals surface area contributed by atoms with Crippen LogP contribution < -0.4 is 11.6 Å². The Hall–Kier alpha value is -3.40. The minimum Gasteiger partial charge on any atom is -0.410 e. The van der Waals surface area contributed by atoms with Crippen LogP contribution in [-0.2, 0) is 18.1 Å². The van der Waals surface area contributed by atoms with Crippen LogP contribution in [0.3, 0.4) is 0 Å². The summed E-state index contributed by atoms with van der Waals surface area (Å²) < 4.78 is 42.2. The fraction of sp³-hybridized carbons (Fsp3) is 0.318. The van der Waals surface area contributed by atoms with Gasteiger partial charge in [-0.2, -0.15) is 28.4 Å². The molecule has 0 radical (unpaired) electrons. The first kappa shape index (κ1) is 23.3. The second kappa shape index (κ2) is 9.39. The highest BCUT2D eigenvalue weighted by Crippen LogP contribution is 2.37. The van der Waals surface area contributed by atoms with E-state index in [0.29, 0.717) is 40.8 Å². The molecule has 0 bridgehead atoms. The van der Waals surface area contributed by atoms with Crippen LogP contribution in [0.2, 0.25) is 0 Å². The monoisotopic (exact) mass is 447 g/mol. The number of unbranched alkanes of at least 4 members (excludes halogenated alkanes) is 1. The van der Waals surface area contributed by atoms with Crippen molar-refractivity contribution in [2.24, 2.45) is 12.9 Å². The standard InChI is InChI=1S/C22H24F3N5O2/c1-4-5-11-17(15-9-7-10-16(13-15)22(23,24)25)20(32-26)19-14(2)8-6-12-18(19)30-21(31)29(3)27-28-30/h6-10,12-13H,4-5,11,26H2,1-3H3/b20-17-. The van der Waals surface area contributed by atoms with E-state index in [2.05, 4.69) is 10.4 Å². The van der Waals surface area contributed by atoms with Crippen LogP contribution in [0.25, 0.3) is 17.0 Å². The molecule has 0 unspecified atom stereocenters. The maximum Gasteiger partial charge on any atom is 0.416 e. The Kier molecular flexibility index (Phi) is 6.83. The lowest BCUT2D eigenvalue weighted by molar-refractivity contribution is -0.137. The fourth-order valence-corrected chi connectivity index (χ4v) is 3.50. The largest absolute Gasteiger partial charge is 0.416 e. The molecule has 0 aliphatic carbocycles. The number of hydrogen-bond donors (Lipinski definition) is 1. The predicted octanol–water partition coefficient (Wildman–Crippen LogP) is 4.24. The zero-order valence-electron chi connectivity index (χ0n) is 18.0. The fourth-order valence-electron chi connectivity index (χ4n) is 3.50. The van der Waals surface area contributed by atoms with Gasteiger partial charge < -0.3 is 4.84 Å². The van der Waals surface area contributed by atoms with E-state index in [1.54, 1.807) is 31.2 Å². The summed E-state index contributed by atoms with van der Waals surface area (Å²) >= 11 is 0. The van der Waals surface area contributed by atoms with Gasteiger partial charge in [-0.1, -0.05) is 37.6 Å². The van der Waals surface area contributed by atoms with Gasteiger partial charge in [-0.15, -0.1) is 0 Å². The number of aromatic nitrogens is 4. The Morgan fingerprint density at radius 1 is 1.16 bits per heavy atom. The molecule has 0 fully saturated rings. The van der Waals surface area contributed by atoms with E-state index in [4.69, 9.17) is 10.7 Å². The quantitative estimate of drug-likeness (QED) is 0.333. The molecule has 32 heavy (non-hydrogen) atoms. The summed E-state index contributed by atoms with van der Waals surface area (Å²) in [5.74, 6) is 5.87. The third-order valence-electron chi connectivity index (χ3n) is 5.14. The molecule has 1 heterocycles. The van der Waals surface area contributed by atoms with Crippen molar-refractivity contribution >= 4 is 11.3 Å². The Labute approximate surface area is 182 Å². The van der Waals surface area contributed by atoms with Crippen molar-refractivity contribution in [1.29, 1.82) is 0 Å². The van der Waals surface area contributed by atoms with Gasteiger partial charge in [-0.3, -0.25) is 0 Å². The van der Waals surface area contributed by atoms with Crippen LogP contribution in [0.5, 0.6) is 0 Å². The smallest absolute Gasteiger partial charge is 0.410 e. The van der Waals surface area contributed by atoms with Crippen LogP contribution in [-0.4, -0.2) is 19.8 Å². The molecular formula is C22H24F3N5O2. The molecule has 1 aromatic heterocycles. The average Bonchev–Trinajstić information content (AvgIpc) is 3.09. The van der Waals surface area contributed by atoms with Gasteiger partial charge in [0.15, 0.2) is 5.76 Å². The van der Waals surface area contributed by atoms with E-state index in [1.807, 2.05) is 6.92 Å². The van der Waals surface area contributed by atoms with E-state index in [9.17, 15) is 18.0 Å². The van der Waals surface area contributed by atoms with Crippen LogP contribution >= 0.6 is 0 Å². The molecule has 0 spiro atoms. The first-order valence-electron chi connectivity index (χ1n) is 10.1. The summed E-state index contributed by atoms with van der Waals surface area (Å²) in [6.45, 7) is 3.77. The van der Waals surface area contributed by atoms with Gasteiger partial charge in [-0.25, -0.2) is 4.79 Å². The Balaban J connectivity index is 2.32. The summed E-state index contributed by atoms with van der Waals surface area (Å²) in [4.78, 5) is 17.8. The molecule has 10 heteroatoms. The average molecular weight is 447 g/mol. The molecule has 0 atom stereocenters. The highest BCUT2D eigenvalue weighted by atomic mass is 19.4. The second-order valence-electron chi connectivity index (χ2n) is 7.37. The number of hydrogen-bond acceptors (Lipinski definition) is 5. The molecule has 2 N–H and O–H groups in total. The van der Waals surface area contributed by atoms with Gasteiger partial charge in [0.2, 0.25) is 0 Å².